The van der Waals surface area contributed by atoms with Gasteiger partial charge < -0.3 is 15.2 Å². The molecule has 0 spiro atoms. The lowest BCUT2D eigenvalue weighted by Crippen LogP contribution is -2.22. The largest absolute Gasteiger partial charge is 0.368 e. The van der Waals surface area contributed by atoms with Crippen LogP contribution in [-0.4, -0.2) is 33.1 Å². The number of hydrogen-bond acceptors (Lipinski definition) is 5. The van der Waals surface area contributed by atoms with E-state index in [0.29, 0.717) is 5.95 Å². The SMILES string of the molecule is CCc1cnc(N)nc1N(C)CCCc1nccn1C. The molecule has 0 aliphatic carbocycles. The van der Waals surface area contributed by atoms with Crippen LogP contribution >= 0.6 is 0 Å². The average molecular weight is 274 g/mol. The first kappa shape index (κ1) is 14.3. The summed E-state index contributed by atoms with van der Waals surface area (Å²) in [6.45, 7) is 3.01. The van der Waals surface area contributed by atoms with E-state index in [0.717, 1.165) is 43.0 Å². The van der Waals surface area contributed by atoms with Crippen LogP contribution in [0.15, 0.2) is 18.6 Å². The fraction of sp³-hybridized carbons (Fsp3) is 0.500. The molecule has 20 heavy (non-hydrogen) atoms. The summed E-state index contributed by atoms with van der Waals surface area (Å²) in [5.74, 6) is 2.37. The van der Waals surface area contributed by atoms with Gasteiger partial charge in [0.15, 0.2) is 0 Å². The Bertz CT molecular complexity index is 563. The molecule has 0 bridgehead atoms. The van der Waals surface area contributed by atoms with Gasteiger partial charge in [0.25, 0.3) is 0 Å². The lowest BCUT2D eigenvalue weighted by Gasteiger charge is -2.20. The molecule has 6 heteroatoms. The summed E-state index contributed by atoms with van der Waals surface area (Å²) in [6, 6.07) is 0. The molecule has 2 N–H and O–H groups in total. The van der Waals surface area contributed by atoms with Gasteiger partial charge in [-0.05, 0) is 12.8 Å². The Morgan fingerprint density at radius 1 is 1.35 bits per heavy atom. The van der Waals surface area contributed by atoms with Crippen LogP contribution in [0.25, 0.3) is 0 Å². The zero-order chi connectivity index (χ0) is 14.5. The fourth-order valence-corrected chi connectivity index (χ4v) is 2.21. The van der Waals surface area contributed by atoms with E-state index in [9.17, 15) is 0 Å². The van der Waals surface area contributed by atoms with Crippen molar-refractivity contribution in [3.05, 3.63) is 30.0 Å². The molecule has 0 atom stereocenters. The van der Waals surface area contributed by atoms with E-state index < -0.39 is 0 Å². The number of imidazole rings is 1. The number of nitrogen functional groups attached to an aromatic ring is 1. The first-order valence-corrected chi connectivity index (χ1v) is 6.90. The molecule has 0 aromatic carbocycles. The van der Waals surface area contributed by atoms with Crippen molar-refractivity contribution in [3.63, 3.8) is 0 Å². The Labute approximate surface area is 119 Å². The summed E-state index contributed by atoms with van der Waals surface area (Å²) < 4.78 is 2.06. The zero-order valence-electron chi connectivity index (χ0n) is 12.4. The molecule has 0 fully saturated rings. The molecule has 6 nitrogen and oxygen atoms in total. The number of rotatable bonds is 6. The molecule has 2 aromatic rings. The minimum absolute atomic E-state index is 0.327. The molecular formula is C14H22N6. The highest BCUT2D eigenvalue weighted by atomic mass is 15.2. The number of nitrogens with zero attached hydrogens (tertiary/aromatic N) is 5. The van der Waals surface area contributed by atoms with E-state index in [1.807, 2.05) is 32.7 Å². The van der Waals surface area contributed by atoms with Gasteiger partial charge in [0.2, 0.25) is 5.95 Å². The van der Waals surface area contributed by atoms with E-state index >= 15 is 0 Å². The lowest BCUT2D eigenvalue weighted by molar-refractivity contribution is 0.708. The van der Waals surface area contributed by atoms with Gasteiger partial charge in [-0.2, -0.15) is 4.98 Å². The molecule has 0 amide bonds. The van der Waals surface area contributed by atoms with Crippen LogP contribution < -0.4 is 10.6 Å². The molecule has 0 saturated carbocycles. The van der Waals surface area contributed by atoms with Crippen molar-refractivity contribution >= 4 is 11.8 Å². The maximum Gasteiger partial charge on any atom is 0.221 e. The Balaban J connectivity index is 1.96. The number of nitrogens with two attached hydrogens (primary N) is 1. The second kappa shape index (κ2) is 6.36. The third-order valence-corrected chi connectivity index (χ3v) is 3.42. The number of anilines is 2. The van der Waals surface area contributed by atoms with E-state index in [1.165, 1.54) is 0 Å². The Hall–Kier alpha value is -2.11. The second-order valence-corrected chi connectivity index (χ2v) is 4.91. The first-order valence-electron chi connectivity index (χ1n) is 6.90. The van der Waals surface area contributed by atoms with E-state index in [4.69, 9.17) is 5.73 Å². The van der Waals surface area contributed by atoms with Crippen molar-refractivity contribution in [1.29, 1.82) is 0 Å². The Morgan fingerprint density at radius 2 is 2.15 bits per heavy atom. The fourth-order valence-electron chi connectivity index (χ4n) is 2.21. The van der Waals surface area contributed by atoms with E-state index in [1.54, 1.807) is 0 Å². The summed E-state index contributed by atoms with van der Waals surface area (Å²) in [4.78, 5) is 14.9. The lowest BCUT2D eigenvalue weighted by atomic mass is 10.2. The highest BCUT2D eigenvalue weighted by molar-refractivity contribution is 5.47. The molecule has 0 unspecified atom stereocenters. The van der Waals surface area contributed by atoms with Crippen molar-refractivity contribution in [2.45, 2.75) is 26.2 Å². The van der Waals surface area contributed by atoms with Crippen molar-refractivity contribution in [2.24, 2.45) is 7.05 Å². The predicted octanol–water partition coefficient (Wildman–Crippen LogP) is 1.42. The van der Waals surface area contributed by atoms with Gasteiger partial charge in [0.1, 0.15) is 11.6 Å². The summed E-state index contributed by atoms with van der Waals surface area (Å²) in [5, 5.41) is 0. The minimum atomic E-state index is 0.327. The van der Waals surface area contributed by atoms with Crippen molar-refractivity contribution in [3.8, 4) is 0 Å². The average Bonchev–Trinajstić information content (AvgIpc) is 2.84. The quantitative estimate of drug-likeness (QED) is 0.862. The third-order valence-electron chi connectivity index (χ3n) is 3.42. The third kappa shape index (κ3) is 3.26. The van der Waals surface area contributed by atoms with Crippen LogP contribution in [0.1, 0.15) is 24.7 Å². The van der Waals surface area contributed by atoms with Crippen LogP contribution in [0.5, 0.6) is 0 Å². The number of aryl methyl sites for hydroxylation is 3. The number of aromatic nitrogens is 4. The Morgan fingerprint density at radius 3 is 2.80 bits per heavy atom. The van der Waals surface area contributed by atoms with E-state index in [-0.39, 0.29) is 0 Å². The second-order valence-electron chi connectivity index (χ2n) is 4.91. The zero-order valence-corrected chi connectivity index (χ0v) is 12.4. The maximum absolute atomic E-state index is 5.68. The highest BCUT2D eigenvalue weighted by Gasteiger charge is 2.10. The van der Waals surface area contributed by atoms with Crippen molar-refractivity contribution in [1.82, 2.24) is 19.5 Å². The molecule has 108 valence electrons. The van der Waals surface area contributed by atoms with Gasteiger partial charge in [0.05, 0.1) is 0 Å². The van der Waals surface area contributed by atoms with Gasteiger partial charge >= 0.3 is 0 Å². The van der Waals surface area contributed by atoms with Gasteiger partial charge in [-0.15, -0.1) is 0 Å². The van der Waals surface area contributed by atoms with Crippen LogP contribution in [0.2, 0.25) is 0 Å². The smallest absolute Gasteiger partial charge is 0.221 e. The summed E-state index contributed by atoms with van der Waals surface area (Å²) in [5.41, 5.74) is 6.81. The molecule has 2 heterocycles. The standard InChI is InChI=1S/C14H22N6/c1-4-11-10-17-14(15)18-13(11)20(3)8-5-6-12-16-7-9-19(12)2/h7,9-10H,4-6,8H2,1-3H3,(H2,15,17,18). The molecular weight excluding hydrogens is 252 g/mol. The highest BCUT2D eigenvalue weighted by Crippen LogP contribution is 2.17. The van der Waals surface area contributed by atoms with Crippen molar-refractivity contribution in [2.75, 3.05) is 24.2 Å². The predicted molar refractivity (Wildman–Crippen MR) is 80.6 cm³/mol. The van der Waals surface area contributed by atoms with Crippen LogP contribution in [-0.2, 0) is 19.9 Å². The van der Waals surface area contributed by atoms with Crippen LogP contribution in [0.4, 0.5) is 11.8 Å². The Kier molecular flexibility index (Phi) is 4.55. The summed E-state index contributed by atoms with van der Waals surface area (Å²) in [6.07, 6.45) is 8.50. The normalized spacial score (nSPS) is 10.8. The molecule has 2 rings (SSSR count). The molecule has 0 radical (unpaired) electrons. The summed E-state index contributed by atoms with van der Waals surface area (Å²) >= 11 is 0. The van der Waals surface area contributed by atoms with Gasteiger partial charge in [-0.1, -0.05) is 6.92 Å². The van der Waals surface area contributed by atoms with Crippen molar-refractivity contribution < 1.29 is 0 Å². The van der Waals surface area contributed by atoms with Crippen LogP contribution in [0.3, 0.4) is 0 Å². The topological polar surface area (TPSA) is 72.9 Å². The molecule has 0 aliphatic rings. The first-order chi connectivity index (χ1) is 9.61. The molecule has 2 aromatic heterocycles. The number of hydrogen-bond donors (Lipinski definition) is 1. The van der Waals surface area contributed by atoms with Gasteiger partial charge in [-0.3, -0.25) is 0 Å². The molecule has 0 saturated heterocycles. The van der Waals surface area contributed by atoms with Crippen LogP contribution in [0, 0.1) is 0 Å². The van der Waals surface area contributed by atoms with Gasteiger partial charge in [0, 0.05) is 51.2 Å². The minimum Gasteiger partial charge on any atom is -0.368 e. The van der Waals surface area contributed by atoms with E-state index in [2.05, 4.69) is 31.3 Å². The monoisotopic (exact) mass is 274 g/mol. The molecule has 0 aliphatic heterocycles. The summed E-state index contributed by atoms with van der Waals surface area (Å²) in [7, 11) is 4.06. The maximum atomic E-state index is 5.68. The van der Waals surface area contributed by atoms with Gasteiger partial charge in [-0.25, -0.2) is 9.97 Å².